The molecule has 2 aromatic rings. The summed E-state index contributed by atoms with van der Waals surface area (Å²) >= 11 is 0. The fraction of sp³-hybridized carbons (Fsp3) is 0.267. The summed E-state index contributed by atoms with van der Waals surface area (Å²) in [5.74, 6) is 0.469. The van der Waals surface area contributed by atoms with Crippen molar-refractivity contribution in [3.05, 3.63) is 47.7 Å². The normalized spacial score (nSPS) is 11.5. The van der Waals surface area contributed by atoms with Crippen molar-refractivity contribution in [3.63, 3.8) is 0 Å². The first kappa shape index (κ1) is 15.6. The number of alkyl carbamates (subject to hydrolysis) is 1. The van der Waals surface area contributed by atoms with Gasteiger partial charge in [-0.25, -0.2) is 4.79 Å². The number of nitrogens with zero attached hydrogens (tertiary/aromatic N) is 1. The van der Waals surface area contributed by atoms with E-state index in [1.54, 1.807) is 19.9 Å². The molecule has 22 heavy (non-hydrogen) atoms. The van der Waals surface area contributed by atoms with Crippen molar-refractivity contribution in [2.75, 3.05) is 5.32 Å². The Morgan fingerprint density at radius 3 is 2.68 bits per heavy atom. The van der Waals surface area contributed by atoms with Crippen molar-refractivity contribution in [2.45, 2.75) is 26.5 Å². The van der Waals surface area contributed by atoms with Crippen molar-refractivity contribution in [3.8, 4) is 0 Å². The Kier molecular flexibility index (Phi) is 5.13. The highest BCUT2D eigenvalue weighted by Gasteiger charge is 2.17. The molecule has 0 unspecified atom stereocenters. The van der Waals surface area contributed by atoms with Gasteiger partial charge in [0.1, 0.15) is 18.4 Å². The van der Waals surface area contributed by atoms with E-state index in [-0.39, 0.29) is 6.61 Å². The third-order valence-corrected chi connectivity index (χ3v) is 2.82. The number of ether oxygens (including phenoxy) is 1. The van der Waals surface area contributed by atoms with Crippen molar-refractivity contribution < 1.29 is 18.8 Å². The Bertz CT molecular complexity index is 639. The highest BCUT2D eigenvalue weighted by atomic mass is 16.5. The third kappa shape index (κ3) is 4.62. The Morgan fingerprint density at radius 2 is 2.05 bits per heavy atom. The third-order valence-electron chi connectivity index (χ3n) is 2.82. The summed E-state index contributed by atoms with van der Waals surface area (Å²) in [6.45, 7) is 3.40. The average molecular weight is 303 g/mol. The minimum atomic E-state index is -0.764. The predicted molar refractivity (Wildman–Crippen MR) is 79.1 cm³/mol. The van der Waals surface area contributed by atoms with Crippen LogP contribution in [0.1, 0.15) is 18.2 Å². The maximum atomic E-state index is 11.9. The van der Waals surface area contributed by atoms with E-state index in [4.69, 9.17) is 9.26 Å². The number of nitrogens with one attached hydrogen (secondary N) is 2. The minimum Gasteiger partial charge on any atom is -0.445 e. The molecule has 0 aliphatic rings. The molecule has 0 saturated heterocycles. The van der Waals surface area contributed by atoms with Crippen molar-refractivity contribution in [2.24, 2.45) is 0 Å². The summed E-state index contributed by atoms with van der Waals surface area (Å²) in [5.41, 5.74) is 0.868. The summed E-state index contributed by atoms with van der Waals surface area (Å²) in [4.78, 5) is 23.5. The molecule has 7 heteroatoms. The number of amides is 2. The molecule has 1 aromatic heterocycles. The van der Waals surface area contributed by atoms with Gasteiger partial charge in [0.25, 0.3) is 0 Å². The zero-order valence-electron chi connectivity index (χ0n) is 12.3. The van der Waals surface area contributed by atoms with E-state index in [9.17, 15) is 9.59 Å². The van der Waals surface area contributed by atoms with Crippen molar-refractivity contribution in [1.29, 1.82) is 0 Å². The van der Waals surface area contributed by atoms with Gasteiger partial charge in [-0.05, 0) is 19.4 Å². The van der Waals surface area contributed by atoms with Crippen LogP contribution in [0.2, 0.25) is 0 Å². The van der Waals surface area contributed by atoms with E-state index >= 15 is 0 Å². The van der Waals surface area contributed by atoms with Gasteiger partial charge < -0.3 is 19.9 Å². The second kappa shape index (κ2) is 7.26. The summed E-state index contributed by atoms with van der Waals surface area (Å²) in [5, 5.41) is 8.62. The number of benzene rings is 1. The lowest BCUT2D eigenvalue weighted by atomic mass is 10.2. The van der Waals surface area contributed by atoms with Gasteiger partial charge in [0.15, 0.2) is 5.82 Å². The van der Waals surface area contributed by atoms with Gasteiger partial charge in [-0.2, -0.15) is 0 Å². The number of aryl methyl sites for hydroxylation is 1. The first-order valence-electron chi connectivity index (χ1n) is 6.76. The number of aromatic nitrogens is 1. The van der Waals surface area contributed by atoms with Gasteiger partial charge in [0.2, 0.25) is 5.91 Å². The molecule has 0 radical (unpaired) electrons. The summed E-state index contributed by atoms with van der Waals surface area (Å²) < 4.78 is 9.88. The molecule has 2 amide bonds. The molecular weight excluding hydrogens is 286 g/mol. The van der Waals surface area contributed by atoms with Crippen LogP contribution in [0.3, 0.4) is 0 Å². The second-order valence-electron chi connectivity index (χ2n) is 4.74. The van der Waals surface area contributed by atoms with Crippen LogP contribution in [-0.2, 0) is 16.1 Å². The largest absolute Gasteiger partial charge is 0.445 e. The second-order valence-corrected chi connectivity index (χ2v) is 4.74. The molecular formula is C15H17N3O4. The first-order valence-corrected chi connectivity index (χ1v) is 6.76. The standard InChI is InChI=1S/C15H17N3O4/c1-10-8-13(18-22-10)17-14(19)11(2)16-15(20)21-9-12-6-4-3-5-7-12/h3-8,11H,9H2,1-2H3,(H,16,20)(H,17,18,19)/t11-/m0/s1. The van der Waals surface area contributed by atoms with Crippen molar-refractivity contribution >= 4 is 17.8 Å². The van der Waals surface area contributed by atoms with Crippen LogP contribution < -0.4 is 10.6 Å². The van der Waals surface area contributed by atoms with Crippen molar-refractivity contribution in [1.82, 2.24) is 10.5 Å². The average Bonchev–Trinajstić information content (AvgIpc) is 2.91. The van der Waals surface area contributed by atoms with Crippen LogP contribution in [0.25, 0.3) is 0 Å². The zero-order chi connectivity index (χ0) is 15.9. The number of carbonyl (C=O) groups is 2. The summed E-state index contributed by atoms with van der Waals surface area (Å²) in [6.07, 6.45) is -0.664. The molecule has 2 rings (SSSR count). The van der Waals surface area contributed by atoms with E-state index in [2.05, 4.69) is 15.8 Å². The highest BCUT2D eigenvalue weighted by molar-refractivity contribution is 5.95. The Labute approximate surface area is 127 Å². The lowest BCUT2D eigenvalue weighted by molar-refractivity contribution is -0.117. The molecule has 0 fully saturated rings. The topological polar surface area (TPSA) is 93.5 Å². The van der Waals surface area contributed by atoms with E-state index in [1.165, 1.54) is 0 Å². The Balaban J connectivity index is 1.76. The lowest BCUT2D eigenvalue weighted by Crippen LogP contribution is -2.41. The van der Waals surface area contributed by atoms with Crippen LogP contribution in [0.5, 0.6) is 0 Å². The fourth-order valence-corrected chi connectivity index (χ4v) is 1.67. The number of carbonyl (C=O) groups excluding carboxylic acids is 2. The molecule has 7 nitrogen and oxygen atoms in total. The summed E-state index contributed by atoms with van der Waals surface area (Å²) in [6, 6.07) is 10.1. The molecule has 0 aliphatic heterocycles. The first-order chi connectivity index (χ1) is 10.5. The lowest BCUT2D eigenvalue weighted by Gasteiger charge is -2.13. The monoisotopic (exact) mass is 303 g/mol. The van der Waals surface area contributed by atoms with E-state index in [0.717, 1.165) is 5.56 Å². The van der Waals surface area contributed by atoms with Crippen LogP contribution in [-0.4, -0.2) is 23.2 Å². The van der Waals surface area contributed by atoms with Crippen LogP contribution in [0.4, 0.5) is 10.6 Å². The van der Waals surface area contributed by atoms with E-state index in [1.807, 2.05) is 30.3 Å². The summed E-state index contributed by atoms with van der Waals surface area (Å²) in [7, 11) is 0. The fourth-order valence-electron chi connectivity index (χ4n) is 1.67. The predicted octanol–water partition coefficient (Wildman–Crippen LogP) is 2.24. The van der Waals surface area contributed by atoms with E-state index < -0.39 is 18.0 Å². The molecule has 0 bridgehead atoms. The quantitative estimate of drug-likeness (QED) is 0.883. The molecule has 116 valence electrons. The molecule has 0 aliphatic carbocycles. The molecule has 0 spiro atoms. The molecule has 1 aromatic carbocycles. The number of hydrogen-bond acceptors (Lipinski definition) is 5. The molecule has 1 heterocycles. The molecule has 0 saturated carbocycles. The minimum absolute atomic E-state index is 0.142. The maximum Gasteiger partial charge on any atom is 0.408 e. The number of rotatable bonds is 5. The molecule has 2 N–H and O–H groups in total. The van der Waals surface area contributed by atoms with Gasteiger partial charge in [-0.3, -0.25) is 4.79 Å². The van der Waals surface area contributed by atoms with Crippen LogP contribution in [0, 0.1) is 6.92 Å². The van der Waals surface area contributed by atoms with Gasteiger partial charge >= 0.3 is 6.09 Å². The Hall–Kier alpha value is -2.83. The SMILES string of the molecule is Cc1cc(NC(=O)[C@H](C)NC(=O)OCc2ccccc2)no1. The zero-order valence-corrected chi connectivity index (χ0v) is 12.3. The van der Waals surface area contributed by atoms with Gasteiger partial charge in [0.05, 0.1) is 0 Å². The molecule has 1 atom stereocenters. The van der Waals surface area contributed by atoms with E-state index in [0.29, 0.717) is 11.6 Å². The number of hydrogen-bond donors (Lipinski definition) is 2. The van der Waals surface area contributed by atoms with Gasteiger partial charge in [-0.15, -0.1) is 0 Å². The highest BCUT2D eigenvalue weighted by Crippen LogP contribution is 2.07. The van der Waals surface area contributed by atoms with Gasteiger partial charge in [0, 0.05) is 6.07 Å². The maximum absolute atomic E-state index is 11.9. The smallest absolute Gasteiger partial charge is 0.408 e. The number of anilines is 1. The Morgan fingerprint density at radius 1 is 1.32 bits per heavy atom. The van der Waals surface area contributed by atoms with Gasteiger partial charge in [-0.1, -0.05) is 35.5 Å². The van der Waals surface area contributed by atoms with Crippen LogP contribution in [0.15, 0.2) is 40.9 Å². The van der Waals surface area contributed by atoms with Crippen LogP contribution >= 0.6 is 0 Å².